The number of aryl methyl sites for hydroxylation is 1. The van der Waals surface area contributed by atoms with E-state index >= 15 is 0 Å². The Hall–Kier alpha value is -1.84. The zero-order valence-corrected chi connectivity index (χ0v) is 11.4. The lowest BCUT2D eigenvalue weighted by atomic mass is 9.97. The van der Waals surface area contributed by atoms with Crippen molar-refractivity contribution in [2.75, 3.05) is 6.61 Å². The summed E-state index contributed by atoms with van der Waals surface area (Å²) in [5, 5.41) is 0. The average Bonchev–Trinajstić information content (AvgIpc) is 2.42. The Morgan fingerprint density at radius 2 is 1.95 bits per heavy atom. The highest BCUT2D eigenvalue weighted by Crippen LogP contribution is 2.29. The van der Waals surface area contributed by atoms with Gasteiger partial charge in [0, 0.05) is 5.56 Å². The highest BCUT2D eigenvalue weighted by molar-refractivity contribution is 5.42. The summed E-state index contributed by atoms with van der Waals surface area (Å²) in [4.78, 5) is 0. The van der Waals surface area contributed by atoms with Crippen LogP contribution in [0.4, 0.5) is 0 Å². The van der Waals surface area contributed by atoms with E-state index in [9.17, 15) is 0 Å². The number of para-hydroxylation sites is 1. The molecule has 100 valence electrons. The molecule has 2 aromatic carbocycles. The Morgan fingerprint density at radius 1 is 1.16 bits per heavy atom. The molecule has 0 saturated carbocycles. The minimum absolute atomic E-state index is 0.0670. The van der Waals surface area contributed by atoms with E-state index in [1.807, 2.05) is 37.3 Å². The SMILES string of the molecule is CCOc1ccccc1C(NN)c1cccc(C)c1. The van der Waals surface area contributed by atoms with Gasteiger partial charge in [0.2, 0.25) is 0 Å². The number of ether oxygens (including phenoxy) is 1. The molecule has 1 atom stereocenters. The molecule has 0 saturated heterocycles. The van der Waals surface area contributed by atoms with Gasteiger partial charge in [0.1, 0.15) is 5.75 Å². The van der Waals surface area contributed by atoms with E-state index in [0.29, 0.717) is 6.61 Å². The lowest BCUT2D eigenvalue weighted by Crippen LogP contribution is -2.29. The van der Waals surface area contributed by atoms with Crippen LogP contribution >= 0.6 is 0 Å². The van der Waals surface area contributed by atoms with Crippen molar-refractivity contribution in [3.8, 4) is 5.75 Å². The van der Waals surface area contributed by atoms with Gasteiger partial charge < -0.3 is 4.74 Å². The molecule has 0 bridgehead atoms. The quantitative estimate of drug-likeness (QED) is 0.638. The van der Waals surface area contributed by atoms with Gasteiger partial charge in [-0.3, -0.25) is 5.84 Å². The van der Waals surface area contributed by atoms with Crippen molar-refractivity contribution >= 4 is 0 Å². The predicted octanol–water partition coefficient (Wildman–Crippen LogP) is 2.95. The first kappa shape index (κ1) is 13.6. The normalized spacial score (nSPS) is 12.2. The average molecular weight is 256 g/mol. The number of benzene rings is 2. The molecule has 1 unspecified atom stereocenters. The molecule has 2 aromatic rings. The molecule has 0 amide bonds. The fourth-order valence-corrected chi connectivity index (χ4v) is 2.22. The van der Waals surface area contributed by atoms with Gasteiger partial charge in [-0.25, -0.2) is 5.43 Å². The molecule has 0 fully saturated rings. The smallest absolute Gasteiger partial charge is 0.124 e. The zero-order valence-electron chi connectivity index (χ0n) is 11.4. The fourth-order valence-electron chi connectivity index (χ4n) is 2.22. The van der Waals surface area contributed by atoms with E-state index < -0.39 is 0 Å². The maximum atomic E-state index is 5.75. The highest BCUT2D eigenvalue weighted by atomic mass is 16.5. The topological polar surface area (TPSA) is 47.3 Å². The second-order valence-electron chi connectivity index (χ2n) is 4.48. The monoisotopic (exact) mass is 256 g/mol. The van der Waals surface area contributed by atoms with Crippen molar-refractivity contribution < 1.29 is 4.74 Å². The lowest BCUT2D eigenvalue weighted by Gasteiger charge is -2.20. The summed E-state index contributed by atoms with van der Waals surface area (Å²) < 4.78 is 5.68. The van der Waals surface area contributed by atoms with Gasteiger partial charge >= 0.3 is 0 Å². The minimum atomic E-state index is -0.0670. The van der Waals surface area contributed by atoms with Crippen molar-refractivity contribution in [1.82, 2.24) is 5.43 Å². The van der Waals surface area contributed by atoms with Crippen LogP contribution in [0.3, 0.4) is 0 Å². The van der Waals surface area contributed by atoms with E-state index in [1.54, 1.807) is 0 Å². The molecule has 0 spiro atoms. The molecule has 0 aromatic heterocycles. The zero-order chi connectivity index (χ0) is 13.7. The summed E-state index contributed by atoms with van der Waals surface area (Å²) in [5.41, 5.74) is 6.28. The molecule has 0 aliphatic carbocycles. The van der Waals surface area contributed by atoms with Crippen LogP contribution in [0.2, 0.25) is 0 Å². The molecule has 3 nitrogen and oxygen atoms in total. The molecule has 0 heterocycles. The molecule has 2 rings (SSSR count). The van der Waals surface area contributed by atoms with Crippen molar-refractivity contribution in [2.45, 2.75) is 19.9 Å². The van der Waals surface area contributed by atoms with Crippen LogP contribution in [0, 0.1) is 6.92 Å². The van der Waals surface area contributed by atoms with E-state index in [-0.39, 0.29) is 6.04 Å². The van der Waals surface area contributed by atoms with Crippen molar-refractivity contribution in [2.24, 2.45) is 5.84 Å². The van der Waals surface area contributed by atoms with E-state index in [1.165, 1.54) is 5.56 Å². The van der Waals surface area contributed by atoms with Crippen LogP contribution in [0.5, 0.6) is 5.75 Å². The van der Waals surface area contributed by atoms with Crippen LogP contribution in [0.1, 0.15) is 29.7 Å². The third kappa shape index (κ3) is 3.13. The number of rotatable bonds is 5. The molecular weight excluding hydrogens is 236 g/mol. The molecule has 0 aliphatic heterocycles. The highest BCUT2D eigenvalue weighted by Gasteiger charge is 2.16. The van der Waals surface area contributed by atoms with E-state index in [0.717, 1.165) is 16.9 Å². The fraction of sp³-hybridized carbons (Fsp3) is 0.250. The summed E-state index contributed by atoms with van der Waals surface area (Å²) in [6.07, 6.45) is 0. The number of hydrogen-bond acceptors (Lipinski definition) is 3. The van der Waals surface area contributed by atoms with Gasteiger partial charge in [-0.2, -0.15) is 0 Å². The van der Waals surface area contributed by atoms with Crippen molar-refractivity contribution in [1.29, 1.82) is 0 Å². The Labute approximate surface area is 114 Å². The van der Waals surface area contributed by atoms with Crippen LogP contribution < -0.4 is 16.0 Å². The molecule has 3 N–H and O–H groups in total. The molecule has 3 heteroatoms. The van der Waals surface area contributed by atoms with Gasteiger partial charge in [-0.05, 0) is 25.5 Å². The van der Waals surface area contributed by atoms with Gasteiger partial charge in [-0.1, -0.05) is 48.0 Å². The number of hydrogen-bond donors (Lipinski definition) is 2. The van der Waals surface area contributed by atoms with Crippen molar-refractivity contribution in [3.63, 3.8) is 0 Å². The molecule has 0 aliphatic rings. The third-order valence-corrected chi connectivity index (χ3v) is 3.07. The first-order valence-corrected chi connectivity index (χ1v) is 6.50. The van der Waals surface area contributed by atoms with Gasteiger partial charge in [0.25, 0.3) is 0 Å². The van der Waals surface area contributed by atoms with Gasteiger partial charge in [0.15, 0.2) is 0 Å². The van der Waals surface area contributed by atoms with E-state index in [4.69, 9.17) is 10.6 Å². The molecular formula is C16H20N2O. The summed E-state index contributed by atoms with van der Waals surface area (Å²) in [6.45, 7) is 4.70. The third-order valence-electron chi connectivity index (χ3n) is 3.07. The second-order valence-corrected chi connectivity index (χ2v) is 4.48. The van der Waals surface area contributed by atoms with Crippen LogP contribution in [0.15, 0.2) is 48.5 Å². The van der Waals surface area contributed by atoms with E-state index in [2.05, 4.69) is 30.5 Å². The second kappa shape index (κ2) is 6.36. The maximum absolute atomic E-state index is 5.75. The lowest BCUT2D eigenvalue weighted by molar-refractivity contribution is 0.333. The number of hydrazine groups is 1. The van der Waals surface area contributed by atoms with Crippen molar-refractivity contribution in [3.05, 3.63) is 65.2 Å². The minimum Gasteiger partial charge on any atom is -0.494 e. The Bertz CT molecular complexity index is 540. The summed E-state index contributed by atoms with van der Waals surface area (Å²) in [7, 11) is 0. The Morgan fingerprint density at radius 3 is 2.63 bits per heavy atom. The van der Waals surface area contributed by atoms with Gasteiger partial charge in [-0.15, -0.1) is 0 Å². The summed E-state index contributed by atoms with van der Waals surface area (Å²) >= 11 is 0. The number of nitrogens with one attached hydrogen (secondary N) is 1. The van der Waals surface area contributed by atoms with Crippen LogP contribution in [-0.4, -0.2) is 6.61 Å². The number of nitrogens with two attached hydrogens (primary N) is 1. The summed E-state index contributed by atoms with van der Waals surface area (Å²) in [5.74, 6) is 6.62. The Kier molecular flexibility index (Phi) is 4.55. The van der Waals surface area contributed by atoms with Crippen LogP contribution in [0.25, 0.3) is 0 Å². The first-order valence-electron chi connectivity index (χ1n) is 6.50. The molecule has 0 radical (unpaired) electrons. The largest absolute Gasteiger partial charge is 0.494 e. The maximum Gasteiger partial charge on any atom is 0.124 e. The van der Waals surface area contributed by atoms with Crippen LogP contribution in [-0.2, 0) is 0 Å². The standard InChI is InChI=1S/C16H20N2O/c1-3-19-15-10-5-4-9-14(15)16(18-17)13-8-6-7-12(2)11-13/h4-11,16,18H,3,17H2,1-2H3. The first-order chi connectivity index (χ1) is 9.26. The van der Waals surface area contributed by atoms with Gasteiger partial charge in [0.05, 0.1) is 12.6 Å². The predicted molar refractivity (Wildman–Crippen MR) is 78.0 cm³/mol. The Balaban J connectivity index is 2.42. The summed E-state index contributed by atoms with van der Waals surface area (Å²) in [6, 6.07) is 16.2. The molecule has 19 heavy (non-hydrogen) atoms.